The molecule has 0 bridgehead atoms. The van der Waals surface area contributed by atoms with Crippen molar-refractivity contribution in [2.24, 2.45) is 5.41 Å². The van der Waals surface area contributed by atoms with E-state index >= 15 is 0 Å². The van der Waals surface area contributed by atoms with Crippen LogP contribution in [0.2, 0.25) is 0 Å². The molecule has 0 amide bonds. The predicted molar refractivity (Wildman–Crippen MR) is 40.9 cm³/mol. The van der Waals surface area contributed by atoms with E-state index in [-0.39, 0.29) is 12.0 Å². The van der Waals surface area contributed by atoms with Gasteiger partial charge in [-0.2, -0.15) is 13.2 Å². The molecule has 12 heavy (non-hydrogen) atoms. The standard InChI is InChI=1S/C8H15F3O/c1-4-7(2,3)5-12-6-8(9,10)11/h4-6H2,1-3H3. The summed E-state index contributed by atoms with van der Waals surface area (Å²) in [7, 11) is 0. The van der Waals surface area contributed by atoms with Gasteiger partial charge in [-0.05, 0) is 11.8 Å². The Labute approximate surface area is 70.9 Å². The second-order valence-electron chi connectivity index (χ2n) is 3.63. The van der Waals surface area contributed by atoms with Crippen molar-refractivity contribution in [1.29, 1.82) is 0 Å². The highest BCUT2D eigenvalue weighted by Crippen LogP contribution is 2.21. The van der Waals surface area contributed by atoms with Crippen LogP contribution < -0.4 is 0 Å². The second-order valence-corrected chi connectivity index (χ2v) is 3.63. The van der Waals surface area contributed by atoms with E-state index in [1.807, 2.05) is 20.8 Å². The molecule has 0 aromatic heterocycles. The largest absolute Gasteiger partial charge is 0.411 e. The molecular weight excluding hydrogens is 169 g/mol. The summed E-state index contributed by atoms with van der Waals surface area (Å²) in [4.78, 5) is 0. The molecule has 0 aliphatic rings. The number of alkyl halides is 3. The molecule has 1 nitrogen and oxygen atoms in total. The molecule has 0 heterocycles. The van der Waals surface area contributed by atoms with Crippen LogP contribution in [-0.2, 0) is 4.74 Å². The first-order chi connectivity index (χ1) is 5.27. The van der Waals surface area contributed by atoms with Gasteiger partial charge in [-0.1, -0.05) is 20.8 Å². The quantitative estimate of drug-likeness (QED) is 0.652. The van der Waals surface area contributed by atoms with Gasteiger partial charge in [0, 0.05) is 0 Å². The summed E-state index contributed by atoms with van der Waals surface area (Å²) in [6, 6.07) is 0. The molecule has 0 aromatic carbocycles. The number of halogens is 3. The molecule has 0 N–H and O–H groups in total. The lowest BCUT2D eigenvalue weighted by Crippen LogP contribution is -2.24. The van der Waals surface area contributed by atoms with Crippen LogP contribution in [0.15, 0.2) is 0 Å². The van der Waals surface area contributed by atoms with Crippen LogP contribution in [0.4, 0.5) is 13.2 Å². The van der Waals surface area contributed by atoms with Crippen LogP contribution in [0, 0.1) is 5.41 Å². The topological polar surface area (TPSA) is 9.23 Å². The molecule has 0 aromatic rings. The molecule has 0 saturated heterocycles. The van der Waals surface area contributed by atoms with E-state index in [4.69, 9.17) is 0 Å². The lowest BCUT2D eigenvalue weighted by Gasteiger charge is -2.22. The van der Waals surface area contributed by atoms with Gasteiger partial charge in [0.2, 0.25) is 0 Å². The van der Waals surface area contributed by atoms with Crippen molar-refractivity contribution in [3.8, 4) is 0 Å². The summed E-state index contributed by atoms with van der Waals surface area (Å²) >= 11 is 0. The lowest BCUT2D eigenvalue weighted by molar-refractivity contribution is -0.179. The van der Waals surface area contributed by atoms with Gasteiger partial charge >= 0.3 is 6.18 Å². The van der Waals surface area contributed by atoms with E-state index in [1.165, 1.54) is 0 Å². The van der Waals surface area contributed by atoms with Gasteiger partial charge < -0.3 is 4.74 Å². The van der Waals surface area contributed by atoms with Crippen LogP contribution in [0.5, 0.6) is 0 Å². The fourth-order valence-corrected chi connectivity index (χ4v) is 0.545. The zero-order valence-corrected chi connectivity index (χ0v) is 7.66. The van der Waals surface area contributed by atoms with Crippen molar-refractivity contribution in [1.82, 2.24) is 0 Å². The Kier molecular flexibility index (Phi) is 4.03. The van der Waals surface area contributed by atoms with E-state index in [1.54, 1.807) is 0 Å². The van der Waals surface area contributed by atoms with Gasteiger partial charge in [-0.25, -0.2) is 0 Å². The minimum atomic E-state index is -4.20. The molecule has 0 radical (unpaired) electrons. The normalized spacial score (nSPS) is 13.5. The molecule has 74 valence electrons. The van der Waals surface area contributed by atoms with Crippen molar-refractivity contribution >= 4 is 0 Å². The molecule has 0 aliphatic carbocycles. The summed E-state index contributed by atoms with van der Waals surface area (Å²) in [6.07, 6.45) is -3.39. The van der Waals surface area contributed by atoms with Crippen LogP contribution >= 0.6 is 0 Å². The predicted octanol–water partition coefficient (Wildman–Crippen LogP) is 3.00. The minimum absolute atomic E-state index is 0.156. The third-order valence-corrected chi connectivity index (χ3v) is 1.72. The molecule has 0 rings (SSSR count). The first-order valence-electron chi connectivity index (χ1n) is 3.91. The first kappa shape index (κ1) is 11.8. The third kappa shape index (κ3) is 6.46. The van der Waals surface area contributed by atoms with Gasteiger partial charge in [0.1, 0.15) is 6.61 Å². The molecule has 0 unspecified atom stereocenters. The maximum absolute atomic E-state index is 11.6. The fraction of sp³-hybridized carbons (Fsp3) is 1.00. The molecule has 0 spiro atoms. The van der Waals surface area contributed by atoms with E-state index in [0.29, 0.717) is 0 Å². The van der Waals surface area contributed by atoms with E-state index < -0.39 is 12.8 Å². The van der Waals surface area contributed by atoms with Crippen molar-refractivity contribution in [3.63, 3.8) is 0 Å². The first-order valence-corrected chi connectivity index (χ1v) is 3.91. The summed E-state index contributed by atoms with van der Waals surface area (Å²) in [6.45, 7) is 4.70. The van der Waals surface area contributed by atoms with Gasteiger partial charge in [-0.15, -0.1) is 0 Å². The highest BCUT2D eigenvalue weighted by Gasteiger charge is 2.28. The minimum Gasteiger partial charge on any atom is -0.371 e. The SMILES string of the molecule is CCC(C)(C)COCC(F)(F)F. The Bertz CT molecular complexity index is 129. The molecule has 0 saturated carbocycles. The van der Waals surface area contributed by atoms with Gasteiger partial charge in [0.15, 0.2) is 0 Å². The maximum atomic E-state index is 11.6. The second kappa shape index (κ2) is 4.12. The Morgan fingerprint density at radius 1 is 1.08 bits per heavy atom. The van der Waals surface area contributed by atoms with Crippen LogP contribution in [0.3, 0.4) is 0 Å². The summed E-state index contributed by atoms with van der Waals surface area (Å²) in [5, 5.41) is 0. The van der Waals surface area contributed by atoms with Crippen LogP contribution in [-0.4, -0.2) is 19.4 Å². The van der Waals surface area contributed by atoms with E-state index in [0.717, 1.165) is 6.42 Å². The van der Waals surface area contributed by atoms with Crippen molar-refractivity contribution in [3.05, 3.63) is 0 Å². The van der Waals surface area contributed by atoms with E-state index in [2.05, 4.69) is 4.74 Å². The van der Waals surface area contributed by atoms with Crippen LogP contribution in [0.25, 0.3) is 0 Å². The number of ether oxygens (including phenoxy) is 1. The van der Waals surface area contributed by atoms with Gasteiger partial charge in [-0.3, -0.25) is 0 Å². The average Bonchev–Trinajstić information content (AvgIpc) is 1.84. The molecule has 0 atom stereocenters. The Morgan fingerprint density at radius 2 is 1.58 bits per heavy atom. The summed E-state index contributed by atoms with van der Waals surface area (Å²) in [5.41, 5.74) is -0.161. The number of hydrogen-bond donors (Lipinski definition) is 0. The number of hydrogen-bond acceptors (Lipinski definition) is 1. The monoisotopic (exact) mass is 184 g/mol. The average molecular weight is 184 g/mol. The summed E-state index contributed by atoms with van der Waals surface area (Å²) < 4.78 is 39.4. The van der Waals surface area contributed by atoms with Gasteiger partial charge in [0.25, 0.3) is 0 Å². The zero-order valence-electron chi connectivity index (χ0n) is 7.66. The Hall–Kier alpha value is -0.250. The lowest BCUT2D eigenvalue weighted by atomic mass is 9.92. The zero-order chi connectivity index (χ0) is 9.83. The highest BCUT2D eigenvalue weighted by molar-refractivity contribution is 4.65. The van der Waals surface area contributed by atoms with Crippen molar-refractivity contribution < 1.29 is 17.9 Å². The number of rotatable bonds is 4. The molecular formula is C8H15F3O. The third-order valence-electron chi connectivity index (χ3n) is 1.72. The van der Waals surface area contributed by atoms with Crippen molar-refractivity contribution in [2.45, 2.75) is 33.4 Å². The molecule has 0 aliphatic heterocycles. The smallest absolute Gasteiger partial charge is 0.371 e. The maximum Gasteiger partial charge on any atom is 0.411 e. The fourth-order valence-electron chi connectivity index (χ4n) is 0.545. The summed E-state index contributed by atoms with van der Waals surface area (Å²) in [5.74, 6) is 0. The molecule has 4 heteroatoms. The Balaban J connectivity index is 3.57. The Morgan fingerprint density at radius 3 is 1.92 bits per heavy atom. The highest BCUT2D eigenvalue weighted by atomic mass is 19.4. The van der Waals surface area contributed by atoms with Gasteiger partial charge in [0.05, 0.1) is 6.61 Å². The van der Waals surface area contributed by atoms with Crippen LogP contribution in [0.1, 0.15) is 27.2 Å². The molecule has 0 fully saturated rings. The van der Waals surface area contributed by atoms with E-state index in [9.17, 15) is 13.2 Å². The van der Waals surface area contributed by atoms with Crippen molar-refractivity contribution in [2.75, 3.05) is 13.2 Å².